The van der Waals surface area contributed by atoms with Gasteiger partial charge in [-0.15, -0.1) is 0 Å². The van der Waals surface area contributed by atoms with Gasteiger partial charge in [-0.3, -0.25) is 14.4 Å². The number of hydrogen-bond acceptors (Lipinski definition) is 6. The third kappa shape index (κ3) is 51.2. The van der Waals surface area contributed by atoms with Crippen LogP contribution < -0.4 is 0 Å². The molecule has 0 amide bonds. The Balaban J connectivity index is 4.51. The highest BCUT2D eigenvalue weighted by Crippen LogP contribution is 2.15. The second-order valence-electron chi connectivity index (χ2n) is 17.4. The van der Waals surface area contributed by atoms with Crippen LogP contribution in [-0.4, -0.2) is 37.2 Å². The predicted molar refractivity (Wildman–Crippen MR) is 279 cm³/mol. The molecule has 0 heterocycles. The van der Waals surface area contributed by atoms with E-state index in [1.807, 2.05) is 6.08 Å². The molecule has 0 aliphatic carbocycles. The van der Waals surface area contributed by atoms with E-state index in [0.717, 1.165) is 109 Å². The SMILES string of the molecule is CC/C=C\C/C=C\C/C=C\C/C=C\C/C=C\C/C=C\CCC(=O)OCC(COC(=O)CCCCCCC/C=C\C/C=C\CCC)OC(=O)CCCCCCCCCCCCCCCCC. The number of esters is 3. The second kappa shape index (κ2) is 52.9. The molecule has 6 heteroatoms. The number of unbranched alkanes of at least 4 members (excludes halogenated alkanes) is 20. The number of hydrogen-bond donors (Lipinski definition) is 0. The molecule has 6 nitrogen and oxygen atoms in total. The monoisotopic (exact) mass is 903 g/mol. The molecule has 0 fully saturated rings. The minimum atomic E-state index is -0.812. The van der Waals surface area contributed by atoms with Gasteiger partial charge in [-0.1, -0.05) is 234 Å². The summed E-state index contributed by atoms with van der Waals surface area (Å²) in [5.41, 5.74) is 0. The van der Waals surface area contributed by atoms with Gasteiger partial charge in [0.2, 0.25) is 0 Å². The first kappa shape index (κ1) is 61.3. The zero-order chi connectivity index (χ0) is 47.2. The standard InChI is InChI=1S/C59H98O6/c1-4-7-10-13-16-19-22-25-27-28-29-30-32-34-37-40-43-46-49-52-58(61)64-55-56(54-63-57(60)51-48-45-42-39-36-33-24-21-18-15-12-9-6-3)65-59(62)53-50-47-44-41-38-35-31-26-23-20-17-14-11-8-5-2/h7,10,12,15-16,19,21,24-25,27,29-30,34,37,43,46,56H,4-6,8-9,11,13-14,17-18,20,22-23,26,28,31-33,35-36,38-42,44-45,47-55H2,1-3H3/b10-7-,15-12-,19-16-,24-21-,27-25-,30-29-,37-34-,46-43-. The molecule has 1 atom stereocenters. The third-order valence-electron chi connectivity index (χ3n) is 11.1. The molecule has 0 N–H and O–H groups in total. The molecule has 0 aliphatic rings. The van der Waals surface area contributed by atoms with Crippen molar-refractivity contribution in [3.8, 4) is 0 Å². The van der Waals surface area contributed by atoms with Crippen molar-refractivity contribution in [1.82, 2.24) is 0 Å². The summed E-state index contributed by atoms with van der Waals surface area (Å²) in [5, 5.41) is 0. The van der Waals surface area contributed by atoms with Crippen LogP contribution in [0.5, 0.6) is 0 Å². The van der Waals surface area contributed by atoms with Crippen molar-refractivity contribution in [2.75, 3.05) is 13.2 Å². The maximum absolute atomic E-state index is 12.8. The van der Waals surface area contributed by atoms with Gasteiger partial charge in [0, 0.05) is 19.3 Å². The van der Waals surface area contributed by atoms with Crippen molar-refractivity contribution >= 4 is 17.9 Å². The Kier molecular flexibility index (Phi) is 50.0. The van der Waals surface area contributed by atoms with Crippen LogP contribution in [0.1, 0.15) is 239 Å². The summed E-state index contributed by atoms with van der Waals surface area (Å²) in [6, 6.07) is 0. The Hall–Kier alpha value is -3.67. The molecule has 1 unspecified atom stereocenters. The zero-order valence-corrected chi connectivity index (χ0v) is 42.2. The average Bonchev–Trinajstić information content (AvgIpc) is 3.30. The molecule has 0 saturated heterocycles. The molecule has 0 spiro atoms. The quantitative estimate of drug-likeness (QED) is 0.0262. The Morgan fingerprint density at radius 3 is 1.09 bits per heavy atom. The van der Waals surface area contributed by atoms with Crippen LogP contribution in [-0.2, 0) is 28.6 Å². The van der Waals surface area contributed by atoms with Crippen molar-refractivity contribution in [3.63, 3.8) is 0 Å². The van der Waals surface area contributed by atoms with Crippen molar-refractivity contribution in [1.29, 1.82) is 0 Å². The van der Waals surface area contributed by atoms with E-state index in [1.165, 1.54) is 83.5 Å². The van der Waals surface area contributed by atoms with E-state index in [-0.39, 0.29) is 37.5 Å². The van der Waals surface area contributed by atoms with Crippen molar-refractivity contribution in [3.05, 3.63) is 97.2 Å². The summed E-state index contributed by atoms with van der Waals surface area (Å²) in [4.78, 5) is 38.0. The smallest absolute Gasteiger partial charge is 0.306 e. The number of allylic oxidation sites excluding steroid dienone is 16. The highest BCUT2D eigenvalue weighted by molar-refractivity contribution is 5.71. The van der Waals surface area contributed by atoms with E-state index in [9.17, 15) is 14.4 Å². The Labute approximate surface area is 400 Å². The molecule has 0 aliphatic heterocycles. The van der Waals surface area contributed by atoms with E-state index in [4.69, 9.17) is 14.2 Å². The zero-order valence-electron chi connectivity index (χ0n) is 42.2. The lowest BCUT2D eigenvalue weighted by molar-refractivity contribution is -0.166. The van der Waals surface area contributed by atoms with Gasteiger partial charge < -0.3 is 14.2 Å². The predicted octanol–water partition coefficient (Wildman–Crippen LogP) is 17.8. The summed E-state index contributed by atoms with van der Waals surface area (Å²) in [6.07, 6.45) is 69.7. The fourth-order valence-corrected chi connectivity index (χ4v) is 7.09. The summed E-state index contributed by atoms with van der Waals surface area (Å²) in [7, 11) is 0. The van der Waals surface area contributed by atoms with Gasteiger partial charge in [0.15, 0.2) is 6.10 Å². The Bertz CT molecular complexity index is 1310. The number of carbonyl (C=O) groups excluding carboxylic acids is 3. The van der Waals surface area contributed by atoms with Gasteiger partial charge in [0.1, 0.15) is 13.2 Å². The first-order valence-electron chi connectivity index (χ1n) is 26.7. The Morgan fingerprint density at radius 1 is 0.323 bits per heavy atom. The van der Waals surface area contributed by atoms with E-state index >= 15 is 0 Å². The van der Waals surface area contributed by atoms with Crippen LogP contribution in [0.2, 0.25) is 0 Å². The fraction of sp³-hybridized carbons (Fsp3) is 0.678. The van der Waals surface area contributed by atoms with Crippen LogP contribution in [0.4, 0.5) is 0 Å². The topological polar surface area (TPSA) is 78.9 Å². The molecule has 0 rings (SSSR count). The van der Waals surface area contributed by atoms with Crippen LogP contribution in [0.15, 0.2) is 97.2 Å². The lowest BCUT2D eigenvalue weighted by atomic mass is 10.0. The molecule has 65 heavy (non-hydrogen) atoms. The van der Waals surface area contributed by atoms with Gasteiger partial charge in [-0.05, 0) is 83.5 Å². The molecule has 0 aromatic carbocycles. The summed E-state index contributed by atoms with van der Waals surface area (Å²) in [6.45, 7) is 6.38. The minimum absolute atomic E-state index is 0.107. The average molecular weight is 903 g/mol. The Morgan fingerprint density at radius 2 is 0.662 bits per heavy atom. The van der Waals surface area contributed by atoms with Crippen LogP contribution in [0.25, 0.3) is 0 Å². The van der Waals surface area contributed by atoms with Gasteiger partial charge in [-0.25, -0.2) is 0 Å². The van der Waals surface area contributed by atoms with E-state index < -0.39 is 6.10 Å². The van der Waals surface area contributed by atoms with Gasteiger partial charge in [0.25, 0.3) is 0 Å². The van der Waals surface area contributed by atoms with Crippen LogP contribution in [0, 0.1) is 0 Å². The molecule has 0 aromatic heterocycles. The molecular formula is C59H98O6. The number of carbonyl (C=O) groups is 3. The van der Waals surface area contributed by atoms with E-state index in [1.54, 1.807) is 0 Å². The van der Waals surface area contributed by atoms with Crippen molar-refractivity contribution in [2.45, 2.75) is 245 Å². The lowest BCUT2D eigenvalue weighted by Crippen LogP contribution is -2.30. The van der Waals surface area contributed by atoms with Crippen LogP contribution >= 0.6 is 0 Å². The maximum Gasteiger partial charge on any atom is 0.306 e. The molecule has 0 saturated carbocycles. The number of rotatable bonds is 47. The van der Waals surface area contributed by atoms with Gasteiger partial charge >= 0.3 is 17.9 Å². The highest BCUT2D eigenvalue weighted by Gasteiger charge is 2.19. The third-order valence-corrected chi connectivity index (χ3v) is 11.1. The normalized spacial score (nSPS) is 12.8. The van der Waals surface area contributed by atoms with Crippen molar-refractivity contribution in [2.24, 2.45) is 0 Å². The van der Waals surface area contributed by atoms with Gasteiger partial charge in [-0.2, -0.15) is 0 Å². The second-order valence-corrected chi connectivity index (χ2v) is 17.4. The summed E-state index contributed by atoms with van der Waals surface area (Å²) in [5.74, 6) is -1.01. The van der Waals surface area contributed by atoms with Gasteiger partial charge in [0.05, 0.1) is 0 Å². The molecule has 0 radical (unpaired) electrons. The molecule has 370 valence electrons. The summed E-state index contributed by atoms with van der Waals surface area (Å²) < 4.78 is 16.7. The van der Waals surface area contributed by atoms with E-state index in [0.29, 0.717) is 19.3 Å². The molecule has 0 bridgehead atoms. The largest absolute Gasteiger partial charge is 0.462 e. The first-order chi connectivity index (χ1) is 32.0. The van der Waals surface area contributed by atoms with E-state index in [2.05, 4.69) is 112 Å². The first-order valence-corrected chi connectivity index (χ1v) is 26.7. The number of ether oxygens (including phenoxy) is 3. The maximum atomic E-state index is 12.8. The molecule has 0 aromatic rings. The minimum Gasteiger partial charge on any atom is -0.462 e. The summed E-state index contributed by atoms with van der Waals surface area (Å²) >= 11 is 0. The van der Waals surface area contributed by atoms with Crippen molar-refractivity contribution < 1.29 is 28.6 Å². The lowest BCUT2D eigenvalue weighted by Gasteiger charge is -2.18. The molecular weight excluding hydrogens is 805 g/mol. The highest BCUT2D eigenvalue weighted by atomic mass is 16.6. The van der Waals surface area contributed by atoms with Crippen LogP contribution in [0.3, 0.4) is 0 Å². The fourth-order valence-electron chi connectivity index (χ4n) is 7.09.